The molecule has 0 saturated carbocycles. The van der Waals surface area contributed by atoms with Crippen LogP contribution in [-0.2, 0) is 14.3 Å². The standard InChI is InChI=1S/C14H28N2O3/c1-3-15-10-12(2)14(17)16-7-5-8-18-11-13-6-4-9-19-13/h12-13,15H,3-11H2,1-2H3,(H,16,17). The van der Waals surface area contributed by atoms with Gasteiger partial charge < -0.3 is 20.1 Å². The summed E-state index contributed by atoms with van der Waals surface area (Å²) in [6.07, 6.45) is 3.40. The summed E-state index contributed by atoms with van der Waals surface area (Å²) in [5.41, 5.74) is 0. The fraction of sp³-hybridized carbons (Fsp3) is 0.929. The summed E-state index contributed by atoms with van der Waals surface area (Å²) in [6.45, 7) is 8.52. The Balaban J connectivity index is 1.90. The summed E-state index contributed by atoms with van der Waals surface area (Å²) in [6, 6.07) is 0. The zero-order chi connectivity index (χ0) is 13.9. The van der Waals surface area contributed by atoms with Crippen molar-refractivity contribution in [3.05, 3.63) is 0 Å². The van der Waals surface area contributed by atoms with Crippen molar-refractivity contribution in [1.29, 1.82) is 0 Å². The summed E-state index contributed by atoms with van der Waals surface area (Å²) < 4.78 is 11.0. The maximum absolute atomic E-state index is 11.7. The predicted molar refractivity (Wildman–Crippen MR) is 75.1 cm³/mol. The van der Waals surface area contributed by atoms with Crippen LogP contribution in [0.1, 0.15) is 33.1 Å². The van der Waals surface area contributed by atoms with Gasteiger partial charge in [-0.25, -0.2) is 0 Å². The van der Waals surface area contributed by atoms with E-state index in [4.69, 9.17) is 9.47 Å². The van der Waals surface area contributed by atoms with Gasteiger partial charge in [0.1, 0.15) is 0 Å². The Labute approximate surface area is 116 Å². The first-order valence-electron chi connectivity index (χ1n) is 7.41. The Morgan fingerprint density at radius 2 is 2.37 bits per heavy atom. The van der Waals surface area contributed by atoms with Gasteiger partial charge in [0.25, 0.3) is 0 Å². The van der Waals surface area contributed by atoms with Crippen LogP contribution < -0.4 is 10.6 Å². The highest BCUT2D eigenvalue weighted by Gasteiger charge is 2.15. The van der Waals surface area contributed by atoms with Gasteiger partial charge >= 0.3 is 0 Å². The highest BCUT2D eigenvalue weighted by atomic mass is 16.5. The SMILES string of the molecule is CCNCC(C)C(=O)NCCCOCC1CCCO1. The van der Waals surface area contributed by atoms with E-state index in [1.54, 1.807) is 0 Å². The van der Waals surface area contributed by atoms with E-state index in [1.165, 1.54) is 0 Å². The van der Waals surface area contributed by atoms with Gasteiger partial charge in [-0.05, 0) is 25.8 Å². The maximum Gasteiger partial charge on any atom is 0.224 e. The fourth-order valence-electron chi connectivity index (χ4n) is 2.00. The lowest BCUT2D eigenvalue weighted by molar-refractivity contribution is -0.124. The highest BCUT2D eigenvalue weighted by molar-refractivity contribution is 5.78. The molecule has 1 aliphatic heterocycles. The van der Waals surface area contributed by atoms with E-state index in [0.717, 1.165) is 39.0 Å². The molecule has 0 aliphatic carbocycles. The summed E-state index contributed by atoms with van der Waals surface area (Å²) in [5.74, 6) is 0.132. The molecule has 1 fully saturated rings. The van der Waals surface area contributed by atoms with Crippen molar-refractivity contribution in [3.63, 3.8) is 0 Å². The van der Waals surface area contributed by atoms with E-state index < -0.39 is 0 Å². The van der Waals surface area contributed by atoms with E-state index in [9.17, 15) is 4.79 Å². The first-order chi connectivity index (χ1) is 9.24. The largest absolute Gasteiger partial charge is 0.379 e. The van der Waals surface area contributed by atoms with Crippen molar-refractivity contribution in [2.75, 3.05) is 39.5 Å². The van der Waals surface area contributed by atoms with Crippen LogP contribution in [0.3, 0.4) is 0 Å². The molecule has 0 aromatic rings. The second-order valence-corrected chi connectivity index (χ2v) is 5.06. The van der Waals surface area contributed by atoms with Crippen LogP contribution in [0.15, 0.2) is 0 Å². The molecule has 0 radical (unpaired) electrons. The number of rotatable bonds is 10. The molecule has 1 heterocycles. The molecule has 0 bridgehead atoms. The molecule has 1 amide bonds. The third kappa shape index (κ3) is 7.50. The zero-order valence-electron chi connectivity index (χ0n) is 12.2. The molecule has 2 N–H and O–H groups in total. The van der Waals surface area contributed by atoms with Gasteiger partial charge in [0.2, 0.25) is 5.91 Å². The second kappa shape index (κ2) is 10.2. The number of amides is 1. The molecule has 5 nitrogen and oxygen atoms in total. The molecule has 5 heteroatoms. The minimum Gasteiger partial charge on any atom is -0.379 e. The van der Waals surface area contributed by atoms with Gasteiger partial charge in [-0.3, -0.25) is 4.79 Å². The molecule has 0 spiro atoms. The van der Waals surface area contributed by atoms with E-state index in [0.29, 0.717) is 19.8 Å². The first-order valence-corrected chi connectivity index (χ1v) is 7.41. The number of ether oxygens (including phenoxy) is 2. The first kappa shape index (κ1) is 16.4. The average molecular weight is 272 g/mol. The molecule has 0 aromatic heterocycles. The van der Waals surface area contributed by atoms with Crippen molar-refractivity contribution >= 4 is 5.91 Å². The van der Waals surface area contributed by atoms with Crippen molar-refractivity contribution in [2.45, 2.75) is 39.2 Å². The van der Waals surface area contributed by atoms with Crippen LogP contribution in [-0.4, -0.2) is 51.5 Å². The number of carbonyl (C=O) groups is 1. The molecule has 1 saturated heterocycles. The van der Waals surface area contributed by atoms with Crippen LogP contribution in [0, 0.1) is 5.92 Å². The minimum atomic E-state index is 0.0211. The molecule has 1 rings (SSSR count). The predicted octanol–water partition coefficient (Wildman–Crippen LogP) is 0.934. The number of carbonyl (C=O) groups excluding carboxylic acids is 1. The van der Waals surface area contributed by atoms with Gasteiger partial charge in [-0.15, -0.1) is 0 Å². The average Bonchev–Trinajstić information content (AvgIpc) is 2.92. The lowest BCUT2D eigenvalue weighted by Gasteiger charge is -2.13. The molecule has 2 unspecified atom stereocenters. The smallest absolute Gasteiger partial charge is 0.224 e. The Hall–Kier alpha value is -0.650. The number of hydrogen-bond acceptors (Lipinski definition) is 4. The van der Waals surface area contributed by atoms with E-state index in [1.807, 2.05) is 13.8 Å². The second-order valence-electron chi connectivity index (χ2n) is 5.06. The van der Waals surface area contributed by atoms with Gasteiger partial charge in [0.15, 0.2) is 0 Å². The summed E-state index contributed by atoms with van der Waals surface area (Å²) >= 11 is 0. The molecule has 112 valence electrons. The van der Waals surface area contributed by atoms with Crippen molar-refractivity contribution < 1.29 is 14.3 Å². The Kier molecular flexibility index (Phi) is 8.79. The van der Waals surface area contributed by atoms with Gasteiger partial charge in [-0.1, -0.05) is 13.8 Å². The van der Waals surface area contributed by atoms with Crippen LogP contribution >= 0.6 is 0 Å². The van der Waals surface area contributed by atoms with E-state index in [2.05, 4.69) is 10.6 Å². The van der Waals surface area contributed by atoms with Gasteiger partial charge in [-0.2, -0.15) is 0 Å². The quantitative estimate of drug-likeness (QED) is 0.581. The Morgan fingerprint density at radius 1 is 1.53 bits per heavy atom. The number of nitrogens with one attached hydrogen (secondary N) is 2. The topological polar surface area (TPSA) is 59.6 Å². The van der Waals surface area contributed by atoms with Crippen molar-refractivity contribution in [2.24, 2.45) is 5.92 Å². The summed E-state index contributed by atoms with van der Waals surface area (Å²) in [4.78, 5) is 11.7. The lowest BCUT2D eigenvalue weighted by atomic mass is 10.1. The molecule has 2 atom stereocenters. The number of hydrogen-bond donors (Lipinski definition) is 2. The lowest BCUT2D eigenvalue weighted by Crippen LogP contribution is -2.36. The van der Waals surface area contributed by atoms with E-state index in [-0.39, 0.29) is 17.9 Å². The van der Waals surface area contributed by atoms with Crippen molar-refractivity contribution in [1.82, 2.24) is 10.6 Å². The molecular weight excluding hydrogens is 244 g/mol. The van der Waals surface area contributed by atoms with Gasteiger partial charge in [0.05, 0.1) is 12.7 Å². The highest BCUT2D eigenvalue weighted by Crippen LogP contribution is 2.11. The van der Waals surface area contributed by atoms with Crippen LogP contribution in [0.2, 0.25) is 0 Å². The Morgan fingerprint density at radius 3 is 3.05 bits per heavy atom. The molecular formula is C14H28N2O3. The van der Waals surface area contributed by atoms with Crippen LogP contribution in [0.5, 0.6) is 0 Å². The fourth-order valence-corrected chi connectivity index (χ4v) is 2.00. The minimum absolute atomic E-state index is 0.0211. The summed E-state index contributed by atoms with van der Waals surface area (Å²) in [7, 11) is 0. The normalized spacial score (nSPS) is 20.4. The maximum atomic E-state index is 11.7. The molecule has 19 heavy (non-hydrogen) atoms. The van der Waals surface area contributed by atoms with Crippen LogP contribution in [0.4, 0.5) is 0 Å². The third-order valence-corrected chi connectivity index (χ3v) is 3.24. The molecule has 0 aromatic carbocycles. The summed E-state index contributed by atoms with van der Waals surface area (Å²) in [5, 5.41) is 6.10. The molecule has 1 aliphatic rings. The monoisotopic (exact) mass is 272 g/mol. The third-order valence-electron chi connectivity index (χ3n) is 3.24. The Bertz CT molecular complexity index is 243. The van der Waals surface area contributed by atoms with Crippen molar-refractivity contribution in [3.8, 4) is 0 Å². The van der Waals surface area contributed by atoms with Gasteiger partial charge in [0, 0.05) is 32.2 Å². The van der Waals surface area contributed by atoms with Crippen LogP contribution in [0.25, 0.3) is 0 Å². The zero-order valence-corrected chi connectivity index (χ0v) is 12.2. The van der Waals surface area contributed by atoms with E-state index >= 15 is 0 Å².